The second-order valence-corrected chi connectivity index (χ2v) is 7.26. The van der Waals surface area contributed by atoms with Gasteiger partial charge in [-0.3, -0.25) is 0 Å². The topological polar surface area (TPSA) is 58.2 Å². The van der Waals surface area contributed by atoms with Crippen LogP contribution in [-0.2, 0) is 16.6 Å². The van der Waals surface area contributed by atoms with E-state index >= 15 is 0 Å². The van der Waals surface area contributed by atoms with Crippen LogP contribution in [0.2, 0.25) is 0 Å². The minimum atomic E-state index is -3.47. The summed E-state index contributed by atoms with van der Waals surface area (Å²) in [5.74, 6) is 0.310. The molecule has 120 valence electrons. The van der Waals surface area contributed by atoms with E-state index < -0.39 is 10.0 Å². The number of rotatable bonds is 9. The molecule has 0 radical (unpaired) electrons. The highest BCUT2D eigenvalue weighted by Crippen LogP contribution is 2.17. The Bertz CT molecular complexity index is 529. The third-order valence-electron chi connectivity index (χ3n) is 3.84. The molecule has 5 heteroatoms. The standard InChI is InChI=1S/C16H28N2O2S/c1-5-11-17-12-15-9-7-8-10-16(15)21(19,20)18-14(4)13(3)6-2/h7-10,13-14,17-18H,5-6,11-12H2,1-4H3. The summed E-state index contributed by atoms with van der Waals surface area (Å²) in [6, 6.07) is 7.11. The molecule has 0 fully saturated rings. The van der Waals surface area contributed by atoms with E-state index in [9.17, 15) is 8.42 Å². The molecule has 0 heterocycles. The van der Waals surface area contributed by atoms with Gasteiger partial charge in [0.25, 0.3) is 0 Å². The van der Waals surface area contributed by atoms with Crippen molar-refractivity contribution in [1.82, 2.24) is 10.0 Å². The van der Waals surface area contributed by atoms with Gasteiger partial charge in [0, 0.05) is 12.6 Å². The van der Waals surface area contributed by atoms with Crippen LogP contribution in [0.15, 0.2) is 29.2 Å². The van der Waals surface area contributed by atoms with Gasteiger partial charge in [-0.15, -0.1) is 0 Å². The smallest absolute Gasteiger partial charge is 0.241 e. The maximum Gasteiger partial charge on any atom is 0.241 e. The molecule has 1 rings (SSSR count). The Morgan fingerprint density at radius 3 is 2.43 bits per heavy atom. The molecule has 0 aliphatic rings. The fourth-order valence-corrected chi connectivity index (χ4v) is 3.68. The number of nitrogens with one attached hydrogen (secondary N) is 2. The van der Waals surface area contributed by atoms with Gasteiger partial charge in [0.2, 0.25) is 10.0 Å². The Hall–Kier alpha value is -0.910. The van der Waals surface area contributed by atoms with Crippen LogP contribution in [0, 0.1) is 5.92 Å². The Labute approximate surface area is 129 Å². The fourth-order valence-electron chi connectivity index (χ4n) is 2.09. The van der Waals surface area contributed by atoms with Crippen LogP contribution in [0.3, 0.4) is 0 Å². The summed E-state index contributed by atoms with van der Waals surface area (Å²) in [6.07, 6.45) is 1.97. The summed E-state index contributed by atoms with van der Waals surface area (Å²) in [6.45, 7) is 9.59. The van der Waals surface area contributed by atoms with Crippen LogP contribution in [0.1, 0.15) is 46.1 Å². The van der Waals surface area contributed by atoms with Crippen LogP contribution in [0.4, 0.5) is 0 Å². The third kappa shape index (κ3) is 5.41. The zero-order valence-corrected chi connectivity index (χ0v) is 14.3. The van der Waals surface area contributed by atoms with Gasteiger partial charge in [0.05, 0.1) is 4.90 Å². The number of benzene rings is 1. The quantitative estimate of drug-likeness (QED) is 0.689. The lowest BCUT2D eigenvalue weighted by molar-refractivity contribution is 0.433. The summed E-state index contributed by atoms with van der Waals surface area (Å²) in [4.78, 5) is 0.378. The molecule has 0 bridgehead atoms. The highest BCUT2D eigenvalue weighted by molar-refractivity contribution is 7.89. The summed E-state index contributed by atoms with van der Waals surface area (Å²) in [7, 11) is -3.47. The van der Waals surface area contributed by atoms with E-state index in [1.54, 1.807) is 12.1 Å². The van der Waals surface area contributed by atoms with E-state index in [4.69, 9.17) is 0 Å². The molecular weight excluding hydrogens is 284 g/mol. The van der Waals surface area contributed by atoms with Gasteiger partial charge in [0.15, 0.2) is 0 Å². The van der Waals surface area contributed by atoms with E-state index in [0.717, 1.165) is 24.9 Å². The molecule has 21 heavy (non-hydrogen) atoms. The Morgan fingerprint density at radius 2 is 1.81 bits per heavy atom. The Morgan fingerprint density at radius 1 is 1.14 bits per heavy atom. The molecule has 4 nitrogen and oxygen atoms in total. The molecule has 0 aliphatic carbocycles. The molecule has 1 aromatic carbocycles. The zero-order valence-electron chi connectivity index (χ0n) is 13.5. The molecule has 2 N–H and O–H groups in total. The zero-order chi connectivity index (χ0) is 15.9. The van der Waals surface area contributed by atoms with Crippen molar-refractivity contribution < 1.29 is 8.42 Å². The van der Waals surface area contributed by atoms with Crippen molar-refractivity contribution in [3.63, 3.8) is 0 Å². The minimum absolute atomic E-state index is 0.0725. The van der Waals surface area contributed by atoms with Crippen LogP contribution in [-0.4, -0.2) is 21.0 Å². The first-order valence-electron chi connectivity index (χ1n) is 7.73. The third-order valence-corrected chi connectivity index (χ3v) is 5.50. The van der Waals surface area contributed by atoms with Crippen molar-refractivity contribution in [3.8, 4) is 0 Å². The lowest BCUT2D eigenvalue weighted by atomic mass is 10.0. The Balaban J connectivity index is 2.92. The largest absolute Gasteiger partial charge is 0.313 e. The average molecular weight is 312 g/mol. The van der Waals surface area contributed by atoms with Gasteiger partial charge in [-0.2, -0.15) is 0 Å². The predicted molar refractivity (Wildman–Crippen MR) is 87.7 cm³/mol. The molecule has 2 atom stereocenters. The lowest BCUT2D eigenvalue weighted by Crippen LogP contribution is -2.37. The minimum Gasteiger partial charge on any atom is -0.313 e. The molecule has 1 aromatic rings. The van der Waals surface area contributed by atoms with Crippen LogP contribution in [0.5, 0.6) is 0 Å². The van der Waals surface area contributed by atoms with Gasteiger partial charge in [-0.1, -0.05) is 45.4 Å². The van der Waals surface area contributed by atoms with E-state index in [2.05, 4.69) is 30.8 Å². The maximum absolute atomic E-state index is 12.6. The molecule has 0 amide bonds. The van der Waals surface area contributed by atoms with Gasteiger partial charge < -0.3 is 5.32 Å². The summed E-state index contributed by atoms with van der Waals surface area (Å²) >= 11 is 0. The first-order valence-corrected chi connectivity index (χ1v) is 9.21. The number of hydrogen-bond acceptors (Lipinski definition) is 3. The van der Waals surface area contributed by atoms with E-state index in [1.165, 1.54) is 0 Å². The van der Waals surface area contributed by atoms with Crippen LogP contribution >= 0.6 is 0 Å². The van der Waals surface area contributed by atoms with Gasteiger partial charge in [-0.25, -0.2) is 13.1 Å². The molecule has 0 saturated heterocycles. The van der Waals surface area contributed by atoms with Crippen molar-refractivity contribution >= 4 is 10.0 Å². The summed E-state index contributed by atoms with van der Waals surface area (Å²) < 4.78 is 28.0. The van der Waals surface area contributed by atoms with Crippen molar-refractivity contribution in [2.24, 2.45) is 5.92 Å². The molecule has 2 unspecified atom stereocenters. The monoisotopic (exact) mass is 312 g/mol. The average Bonchev–Trinajstić information content (AvgIpc) is 2.46. The van der Waals surface area contributed by atoms with E-state index in [-0.39, 0.29) is 6.04 Å². The normalized spacial score (nSPS) is 14.9. The highest BCUT2D eigenvalue weighted by atomic mass is 32.2. The van der Waals surface area contributed by atoms with Crippen molar-refractivity contribution in [1.29, 1.82) is 0 Å². The summed E-state index contributed by atoms with van der Waals surface area (Å²) in [5, 5.41) is 3.26. The highest BCUT2D eigenvalue weighted by Gasteiger charge is 2.22. The van der Waals surface area contributed by atoms with Crippen molar-refractivity contribution in [2.45, 2.75) is 58.0 Å². The molecule has 0 aromatic heterocycles. The van der Waals surface area contributed by atoms with Gasteiger partial charge in [0.1, 0.15) is 0 Å². The van der Waals surface area contributed by atoms with Crippen LogP contribution in [0.25, 0.3) is 0 Å². The first-order chi connectivity index (χ1) is 9.92. The van der Waals surface area contributed by atoms with E-state index in [1.807, 2.05) is 19.1 Å². The molecular formula is C16H28N2O2S. The molecule has 0 aliphatic heterocycles. The Kier molecular flexibility index (Phi) is 7.35. The number of sulfonamides is 1. The maximum atomic E-state index is 12.6. The van der Waals surface area contributed by atoms with Crippen molar-refractivity contribution in [2.75, 3.05) is 6.54 Å². The molecule has 0 spiro atoms. The molecule has 0 saturated carbocycles. The van der Waals surface area contributed by atoms with E-state index in [0.29, 0.717) is 17.4 Å². The predicted octanol–water partition coefficient (Wildman–Crippen LogP) is 2.90. The summed E-state index contributed by atoms with van der Waals surface area (Å²) in [5.41, 5.74) is 0.815. The lowest BCUT2D eigenvalue weighted by Gasteiger charge is -2.21. The second-order valence-electron chi connectivity index (χ2n) is 5.58. The van der Waals surface area contributed by atoms with Crippen molar-refractivity contribution in [3.05, 3.63) is 29.8 Å². The first kappa shape index (κ1) is 18.1. The SMILES string of the molecule is CCCNCc1ccccc1S(=O)(=O)NC(C)C(C)CC. The van der Waals surface area contributed by atoms with Crippen LogP contribution < -0.4 is 10.0 Å². The fraction of sp³-hybridized carbons (Fsp3) is 0.625. The second kappa shape index (κ2) is 8.51. The van der Waals surface area contributed by atoms with Gasteiger partial charge in [-0.05, 0) is 37.4 Å². The number of hydrogen-bond donors (Lipinski definition) is 2. The van der Waals surface area contributed by atoms with Gasteiger partial charge >= 0.3 is 0 Å².